The maximum Gasteiger partial charge on any atom is 0.174 e. The highest BCUT2D eigenvalue weighted by Crippen LogP contribution is 2.17. The number of nitrogens with one attached hydrogen (secondary N) is 1. The molecule has 4 heteroatoms. The van der Waals surface area contributed by atoms with E-state index in [4.69, 9.17) is 23.8 Å². The van der Waals surface area contributed by atoms with E-state index in [2.05, 4.69) is 34.5 Å². The largest absolute Gasteiger partial charge is 0.358 e. The van der Waals surface area contributed by atoms with E-state index in [1.807, 2.05) is 60.7 Å². The Morgan fingerprint density at radius 2 is 1.40 bits per heavy atom. The second-order valence-corrected chi connectivity index (χ2v) is 6.52. The fraction of sp³-hybridized carbons (Fsp3) is 0.0952. The van der Waals surface area contributed by atoms with Gasteiger partial charge in [-0.1, -0.05) is 72.3 Å². The van der Waals surface area contributed by atoms with Gasteiger partial charge in [-0.3, -0.25) is 0 Å². The molecular weight excluding hydrogens is 348 g/mol. The number of halogens is 1. The molecular formula is C21H19ClN2S. The molecule has 0 spiro atoms. The number of anilines is 1. The zero-order chi connectivity index (χ0) is 17.5. The monoisotopic (exact) mass is 366 g/mol. The number of hydrogen-bond acceptors (Lipinski definition) is 1. The summed E-state index contributed by atoms with van der Waals surface area (Å²) in [5.41, 5.74) is 3.42. The van der Waals surface area contributed by atoms with E-state index >= 15 is 0 Å². The lowest BCUT2D eigenvalue weighted by molar-refractivity contribution is 0.878. The Morgan fingerprint density at radius 1 is 0.800 bits per heavy atom. The number of para-hydroxylation sites is 1. The molecule has 0 unspecified atom stereocenters. The van der Waals surface area contributed by atoms with Crippen molar-refractivity contribution < 1.29 is 0 Å². The van der Waals surface area contributed by atoms with E-state index < -0.39 is 0 Å². The van der Waals surface area contributed by atoms with Crippen LogP contribution in [0.15, 0.2) is 84.9 Å². The van der Waals surface area contributed by atoms with Crippen LogP contribution in [-0.4, -0.2) is 5.11 Å². The maximum atomic E-state index is 5.94. The van der Waals surface area contributed by atoms with Crippen LogP contribution in [0.5, 0.6) is 0 Å². The summed E-state index contributed by atoms with van der Waals surface area (Å²) in [7, 11) is 0. The summed E-state index contributed by atoms with van der Waals surface area (Å²) in [5, 5.41) is 4.79. The Hall–Kier alpha value is -2.36. The van der Waals surface area contributed by atoms with E-state index in [1.54, 1.807) is 0 Å². The summed E-state index contributed by atoms with van der Waals surface area (Å²) in [5.74, 6) is 0. The first-order chi connectivity index (χ1) is 12.2. The number of hydrogen-bond donors (Lipinski definition) is 1. The summed E-state index contributed by atoms with van der Waals surface area (Å²) in [6.07, 6.45) is 0. The van der Waals surface area contributed by atoms with Gasteiger partial charge in [0.1, 0.15) is 0 Å². The summed E-state index contributed by atoms with van der Waals surface area (Å²) >= 11 is 11.6. The molecule has 0 saturated carbocycles. The first kappa shape index (κ1) is 17.5. The van der Waals surface area contributed by atoms with E-state index in [-0.39, 0.29) is 0 Å². The molecule has 0 aliphatic rings. The first-order valence-corrected chi connectivity index (χ1v) is 8.90. The molecule has 0 bridgehead atoms. The number of thiocarbonyl (C=S) groups is 1. The third kappa shape index (κ3) is 5.05. The van der Waals surface area contributed by atoms with Crippen molar-refractivity contribution in [2.75, 3.05) is 4.90 Å². The van der Waals surface area contributed by atoms with Gasteiger partial charge in [-0.05, 0) is 47.6 Å². The van der Waals surface area contributed by atoms with Crippen molar-refractivity contribution in [3.63, 3.8) is 0 Å². The first-order valence-electron chi connectivity index (χ1n) is 8.11. The standard InChI is InChI=1S/C21H19ClN2S/c22-19-13-11-17(12-14-19)15-23-21(25)24(20-9-5-2-6-10-20)16-18-7-3-1-4-8-18/h1-14H,15-16H2,(H,23,25). The van der Waals surface area contributed by atoms with E-state index in [1.165, 1.54) is 5.56 Å². The average molecular weight is 367 g/mol. The molecule has 3 rings (SSSR count). The van der Waals surface area contributed by atoms with Gasteiger partial charge in [-0.15, -0.1) is 0 Å². The lowest BCUT2D eigenvalue weighted by Crippen LogP contribution is -2.39. The summed E-state index contributed by atoms with van der Waals surface area (Å²) in [6, 6.07) is 28.3. The highest BCUT2D eigenvalue weighted by atomic mass is 35.5. The van der Waals surface area contributed by atoms with Crippen molar-refractivity contribution in [2.45, 2.75) is 13.1 Å². The number of rotatable bonds is 5. The van der Waals surface area contributed by atoms with Crippen LogP contribution in [-0.2, 0) is 13.1 Å². The Bertz CT molecular complexity index is 804. The topological polar surface area (TPSA) is 15.3 Å². The maximum absolute atomic E-state index is 5.94. The Kier molecular flexibility index (Phi) is 6.04. The van der Waals surface area contributed by atoms with Gasteiger partial charge in [-0.25, -0.2) is 0 Å². The molecule has 2 nitrogen and oxygen atoms in total. The molecule has 126 valence electrons. The lowest BCUT2D eigenvalue weighted by Gasteiger charge is -2.26. The minimum atomic E-state index is 0.661. The van der Waals surface area contributed by atoms with Crippen LogP contribution < -0.4 is 10.2 Å². The van der Waals surface area contributed by atoms with Crippen molar-refractivity contribution in [1.29, 1.82) is 0 Å². The van der Waals surface area contributed by atoms with Gasteiger partial charge in [0.15, 0.2) is 5.11 Å². The highest BCUT2D eigenvalue weighted by molar-refractivity contribution is 7.80. The van der Waals surface area contributed by atoms with Gasteiger partial charge in [0.2, 0.25) is 0 Å². The second-order valence-electron chi connectivity index (χ2n) is 5.69. The van der Waals surface area contributed by atoms with Crippen LogP contribution in [0.3, 0.4) is 0 Å². The van der Waals surface area contributed by atoms with Crippen LogP contribution >= 0.6 is 23.8 Å². The van der Waals surface area contributed by atoms with E-state index in [0.717, 1.165) is 22.8 Å². The van der Waals surface area contributed by atoms with Crippen molar-refractivity contribution in [1.82, 2.24) is 5.32 Å². The minimum absolute atomic E-state index is 0.661. The average Bonchev–Trinajstić information content (AvgIpc) is 2.67. The minimum Gasteiger partial charge on any atom is -0.358 e. The van der Waals surface area contributed by atoms with Gasteiger partial charge in [0.25, 0.3) is 0 Å². The molecule has 1 N–H and O–H groups in total. The molecule has 0 amide bonds. The van der Waals surface area contributed by atoms with Gasteiger partial charge >= 0.3 is 0 Å². The highest BCUT2D eigenvalue weighted by Gasteiger charge is 2.12. The second kappa shape index (κ2) is 8.65. The van der Waals surface area contributed by atoms with Crippen LogP contribution in [0.2, 0.25) is 5.02 Å². The van der Waals surface area contributed by atoms with Gasteiger partial charge in [-0.2, -0.15) is 0 Å². The Balaban J connectivity index is 1.74. The van der Waals surface area contributed by atoms with E-state index in [9.17, 15) is 0 Å². The molecule has 0 saturated heterocycles. The molecule has 0 fully saturated rings. The molecule has 3 aromatic rings. The molecule has 25 heavy (non-hydrogen) atoms. The van der Waals surface area contributed by atoms with Gasteiger partial charge < -0.3 is 10.2 Å². The van der Waals surface area contributed by atoms with Crippen molar-refractivity contribution in [3.8, 4) is 0 Å². The molecule has 0 radical (unpaired) electrons. The van der Waals surface area contributed by atoms with Crippen LogP contribution in [0.4, 0.5) is 5.69 Å². The molecule has 3 aromatic carbocycles. The molecule has 0 aromatic heterocycles. The molecule has 0 heterocycles. The number of nitrogens with zero attached hydrogens (tertiary/aromatic N) is 1. The van der Waals surface area contributed by atoms with Crippen molar-refractivity contribution >= 4 is 34.6 Å². The quantitative estimate of drug-likeness (QED) is 0.607. The molecule has 0 atom stereocenters. The SMILES string of the molecule is S=C(NCc1ccc(Cl)cc1)N(Cc1ccccc1)c1ccccc1. The van der Waals surface area contributed by atoms with Gasteiger partial charge in [0.05, 0.1) is 6.54 Å². The third-order valence-corrected chi connectivity index (χ3v) is 4.47. The smallest absolute Gasteiger partial charge is 0.174 e. The molecule has 0 aliphatic heterocycles. The number of benzene rings is 3. The normalized spacial score (nSPS) is 10.3. The van der Waals surface area contributed by atoms with Crippen LogP contribution in [0.1, 0.15) is 11.1 Å². The van der Waals surface area contributed by atoms with Crippen LogP contribution in [0, 0.1) is 0 Å². The Labute approximate surface area is 159 Å². The fourth-order valence-electron chi connectivity index (χ4n) is 2.53. The van der Waals surface area contributed by atoms with Crippen molar-refractivity contribution in [2.24, 2.45) is 0 Å². The van der Waals surface area contributed by atoms with Crippen LogP contribution in [0.25, 0.3) is 0 Å². The predicted octanol–water partition coefficient (Wildman–Crippen LogP) is 5.42. The fourth-order valence-corrected chi connectivity index (χ4v) is 2.90. The van der Waals surface area contributed by atoms with E-state index in [0.29, 0.717) is 11.7 Å². The zero-order valence-electron chi connectivity index (χ0n) is 13.7. The zero-order valence-corrected chi connectivity index (χ0v) is 15.3. The van der Waals surface area contributed by atoms with Crippen molar-refractivity contribution in [3.05, 3.63) is 101 Å². The summed E-state index contributed by atoms with van der Waals surface area (Å²) in [4.78, 5) is 2.11. The van der Waals surface area contributed by atoms with Gasteiger partial charge in [0, 0.05) is 17.3 Å². The summed E-state index contributed by atoms with van der Waals surface area (Å²) in [6.45, 7) is 1.38. The summed E-state index contributed by atoms with van der Waals surface area (Å²) < 4.78 is 0. The lowest BCUT2D eigenvalue weighted by atomic mass is 10.2. The predicted molar refractivity (Wildman–Crippen MR) is 110 cm³/mol. The Morgan fingerprint density at radius 3 is 2.04 bits per heavy atom. The molecule has 0 aliphatic carbocycles. The third-order valence-electron chi connectivity index (χ3n) is 3.85.